The number of nitrogens with one attached hydrogen (secondary N) is 1. The van der Waals surface area contributed by atoms with E-state index < -0.39 is 0 Å². The van der Waals surface area contributed by atoms with Gasteiger partial charge >= 0.3 is 0 Å². The van der Waals surface area contributed by atoms with Crippen molar-refractivity contribution < 1.29 is 0 Å². The van der Waals surface area contributed by atoms with Gasteiger partial charge in [-0.25, -0.2) is 4.98 Å². The molecule has 0 atom stereocenters. The zero-order valence-corrected chi connectivity index (χ0v) is 9.67. The van der Waals surface area contributed by atoms with Crippen LogP contribution < -0.4 is 5.32 Å². The van der Waals surface area contributed by atoms with Gasteiger partial charge in [-0.3, -0.25) is 0 Å². The summed E-state index contributed by atoms with van der Waals surface area (Å²) in [6.45, 7) is 2.63. The second-order valence-corrected chi connectivity index (χ2v) is 4.28. The Morgan fingerprint density at radius 2 is 2.24 bits per heavy atom. The molecule has 3 rings (SSSR count). The Kier molecular flexibility index (Phi) is 2.56. The molecule has 0 amide bonds. The minimum Gasteiger partial charge on any atom is -0.307 e. The van der Waals surface area contributed by atoms with Gasteiger partial charge in [-0.15, -0.1) is 5.10 Å². The standard InChI is InChI=1S/C11H14N6/c1-8-2-5-10(16-15-8)17-11(13-7-14-17)6-12-9-3-4-9/h2,5,7,9,12H,3-4,6H2,1H3. The highest BCUT2D eigenvalue weighted by molar-refractivity contribution is 5.21. The largest absolute Gasteiger partial charge is 0.307 e. The Bertz CT molecular complexity index is 499. The molecule has 0 spiro atoms. The van der Waals surface area contributed by atoms with Crippen LogP contribution >= 0.6 is 0 Å². The van der Waals surface area contributed by atoms with Crippen LogP contribution in [0.1, 0.15) is 24.4 Å². The first kappa shape index (κ1) is 10.3. The first-order chi connectivity index (χ1) is 8.33. The van der Waals surface area contributed by atoms with Gasteiger partial charge in [-0.2, -0.15) is 14.9 Å². The molecule has 2 aromatic rings. The second-order valence-electron chi connectivity index (χ2n) is 4.28. The maximum Gasteiger partial charge on any atom is 0.177 e. The average Bonchev–Trinajstić information content (AvgIpc) is 3.06. The molecule has 0 saturated heterocycles. The summed E-state index contributed by atoms with van der Waals surface area (Å²) < 4.78 is 1.72. The number of hydrogen-bond acceptors (Lipinski definition) is 5. The third kappa shape index (κ3) is 2.31. The fourth-order valence-corrected chi connectivity index (χ4v) is 1.61. The molecule has 0 bridgehead atoms. The first-order valence-corrected chi connectivity index (χ1v) is 5.76. The van der Waals surface area contributed by atoms with Crippen LogP contribution in [0.5, 0.6) is 0 Å². The molecule has 0 aromatic carbocycles. The summed E-state index contributed by atoms with van der Waals surface area (Å²) in [5, 5.41) is 15.7. The monoisotopic (exact) mass is 230 g/mol. The fraction of sp³-hybridized carbons (Fsp3) is 0.455. The predicted molar refractivity (Wildman–Crippen MR) is 61.5 cm³/mol. The number of aryl methyl sites for hydroxylation is 1. The van der Waals surface area contributed by atoms with Crippen LogP contribution in [0, 0.1) is 6.92 Å². The lowest BCUT2D eigenvalue weighted by Gasteiger charge is -2.05. The number of aromatic nitrogens is 5. The van der Waals surface area contributed by atoms with Crippen LogP contribution in [-0.4, -0.2) is 31.0 Å². The van der Waals surface area contributed by atoms with E-state index in [0.717, 1.165) is 18.1 Å². The SMILES string of the molecule is Cc1ccc(-n2ncnc2CNC2CC2)nn1. The van der Waals surface area contributed by atoms with Crippen molar-refractivity contribution in [2.45, 2.75) is 32.4 Å². The Morgan fingerprint density at radius 3 is 2.94 bits per heavy atom. The molecule has 1 N–H and O–H groups in total. The van der Waals surface area contributed by atoms with E-state index in [1.165, 1.54) is 12.8 Å². The van der Waals surface area contributed by atoms with Gasteiger partial charge in [0.15, 0.2) is 5.82 Å². The highest BCUT2D eigenvalue weighted by Crippen LogP contribution is 2.19. The quantitative estimate of drug-likeness (QED) is 0.833. The van der Waals surface area contributed by atoms with Crippen LogP contribution in [0.25, 0.3) is 5.82 Å². The highest BCUT2D eigenvalue weighted by Gasteiger charge is 2.21. The molecule has 88 valence electrons. The highest BCUT2D eigenvalue weighted by atomic mass is 15.4. The average molecular weight is 230 g/mol. The zero-order chi connectivity index (χ0) is 11.7. The lowest BCUT2D eigenvalue weighted by molar-refractivity contribution is 0.631. The molecule has 1 saturated carbocycles. The van der Waals surface area contributed by atoms with E-state index in [9.17, 15) is 0 Å². The molecule has 1 aliphatic rings. The van der Waals surface area contributed by atoms with E-state index in [4.69, 9.17) is 0 Å². The van der Waals surface area contributed by atoms with Gasteiger partial charge in [-0.05, 0) is 31.9 Å². The van der Waals surface area contributed by atoms with Gasteiger partial charge < -0.3 is 5.32 Å². The van der Waals surface area contributed by atoms with Crippen molar-refractivity contribution in [2.24, 2.45) is 0 Å². The summed E-state index contributed by atoms with van der Waals surface area (Å²) in [7, 11) is 0. The third-order valence-corrected chi connectivity index (χ3v) is 2.75. The molecule has 17 heavy (non-hydrogen) atoms. The smallest absolute Gasteiger partial charge is 0.177 e. The lowest BCUT2D eigenvalue weighted by atomic mass is 10.4. The van der Waals surface area contributed by atoms with Crippen molar-refractivity contribution in [1.82, 2.24) is 30.3 Å². The van der Waals surface area contributed by atoms with Crippen molar-refractivity contribution in [3.05, 3.63) is 30.0 Å². The maximum absolute atomic E-state index is 4.24. The molecule has 6 nitrogen and oxygen atoms in total. The van der Waals surface area contributed by atoms with Crippen LogP contribution in [0.15, 0.2) is 18.5 Å². The summed E-state index contributed by atoms with van der Waals surface area (Å²) in [6, 6.07) is 4.48. The molecule has 0 unspecified atom stereocenters. The number of nitrogens with zero attached hydrogens (tertiary/aromatic N) is 5. The summed E-state index contributed by atoms with van der Waals surface area (Å²) in [6.07, 6.45) is 4.07. The normalized spacial score (nSPS) is 15.1. The summed E-state index contributed by atoms with van der Waals surface area (Å²) in [4.78, 5) is 4.24. The predicted octanol–water partition coefficient (Wildman–Crippen LogP) is 0.618. The van der Waals surface area contributed by atoms with Gasteiger partial charge in [0.05, 0.1) is 12.2 Å². The van der Waals surface area contributed by atoms with Crippen molar-refractivity contribution >= 4 is 0 Å². The summed E-state index contributed by atoms with van der Waals surface area (Å²) >= 11 is 0. The van der Waals surface area contributed by atoms with Crippen molar-refractivity contribution in [2.75, 3.05) is 0 Å². The molecular formula is C11H14N6. The van der Waals surface area contributed by atoms with E-state index in [0.29, 0.717) is 11.9 Å². The van der Waals surface area contributed by atoms with E-state index in [-0.39, 0.29) is 0 Å². The molecule has 1 aliphatic carbocycles. The van der Waals surface area contributed by atoms with Crippen LogP contribution in [0.2, 0.25) is 0 Å². The molecule has 0 radical (unpaired) electrons. The van der Waals surface area contributed by atoms with Gasteiger partial charge in [0.2, 0.25) is 0 Å². The third-order valence-electron chi connectivity index (χ3n) is 2.75. The Morgan fingerprint density at radius 1 is 1.35 bits per heavy atom. The molecule has 2 heterocycles. The topological polar surface area (TPSA) is 68.5 Å². The minimum absolute atomic E-state index is 0.657. The van der Waals surface area contributed by atoms with Gasteiger partial charge in [0.1, 0.15) is 12.2 Å². The molecule has 2 aromatic heterocycles. The van der Waals surface area contributed by atoms with Crippen LogP contribution in [0.3, 0.4) is 0 Å². The number of hydrogen-bond donors (Lipinski definition) is 1. The van der Waals surface area contributed by atoms with Crippen molar-refractivity contribution in [1.29, 1.82) is 0 Å². The molecule has 0 aliphatic heterocycles. The minimum atomic E-state index is 0.657. The van der Waals surface area contributed by atoms with E-state index in [1.807, 2.05) is 19.1 Å². The van der Waals surface area contributed by atoms with E-state index in [2.05, 4.69) is 25.6 Å². The summed E-state index contributed by atoms with van der Waals surface area (Å²) in [5.41, 5.74) is 0.895. The number of rotatable bonds is 4. The molecule has 6 heteroatoms. The van der Waals surface area contributed by atoms with Gasteiger partial charge in [0, 0.05) is 6.04 Å². The molecule has 1 fully saturated rings. The summed E-state index contributed by atoms with van der Waals surface area (Å²) in [5.74, 6) is 1.58. The molecular weight excluding hydrogens is 216 g/mol. The lowest BCUT2D eigenvalue weighted by Crippen LogP contribution is -2.19. The van der Waals surface area contributed by atoms with Crippen molar-refractivity contribution in [3.63, 3.8) is 0 Å². The van der Waals surface area contributed by atoms with Crippen LogP contribution in [0.4, 0.5) is 0 Å². The Labute approximate surface area is 99.1 Å². The zero-order valence-electron chi connectivity index (χ0n) is 9.67. The van der Waals surface area contributed by atoms with Crippen molar-refractivity contribution in [3.8, 4) is 5.82 Å². The Hall–Kier alpha value is -1.82. The fourth-order valence-electron chi connectivity index (χ4n) is 1.61. The first-order valence-electron chi connectivity index (χ1n) is 5.76. The maximum atomic E-state index is 4.24. The van der Waals surface area contributed by atoms with E-state index in [1.54, 1.807) is 11.0 Å². The van der Waals surface area contributed by atoms with Gasteiger partial charge in [0.25, 0.3) is 0 Å². The second kappa shape index (κ2) is 4.21. The Balaban J connectivity index is 1.81. The van der Waals surface area contributed by atoms with Gasteiger partial charge in [-0.1, -0.05) is 0 Å². The van der Waals surface area contributed by atoms with Crippen LogP contribution in [-0.2, 0) is 6.54 Å². The van der Waals surface area contributed by atoms with E-state index >= 15 is 0 Å².